The highest BCUT2D eigenvalue weighted by Crippen LogP contribution is 2.04. The van der Waals surface area contributed by atoms with Crippen LogP contribution in [0.15, 0.2) is 0 Å². The number of carbonyl (C=O) groups is 2. The Balaban J connectivity index is 3.83. The predicted molar refractivity (Wildman–Crippen MR) is 66.7 cm³/mol. The lowest BCUT2D eigenvalue weighted by Gasteiger charge is -2.21. The fraction of sp³-hybridized carbons (Fsp3) is 0.800. The standard InChI is InChI=1S/C10H20N2O4S/c1-16-6-4-12(3-5-13)10(15)2-7-17-8-9(11)14/h13H,2-8H2,1H3,(H2,11,14). The molecular formula is C10H20N2O4S. The molecule has 0 unspecified atom stereocenters. The maximum atomic E-state index is 11.7. The first-order chi connectivity index (χ1) is 8.11. The van der Waals surface area contributed by atoms with Crippen molar-refractivity contribution in [1.29, 1.82) is 0 Å². The number of aliphatic hydroxyl groups excluding tert-OH is 1. The molecule has 0 aromatic rings. The highest BCUT2D eigenvalue weighted by molar-refractivity contribution is 7.99. The van der Waals surface area contributed by atoms with Crippen LogP contribution in [0.5, 0.6) is 0 Å². The first-order valence-corrected chi connectivity index (χ1v) is 6.51. The van der Waals surface area contributed by atoms with Crippen LogP contribution >= 0.6 is 11.8 Å². The van der Waals surface area contributed by atoms with E-state index in [0.29, 0.717) is 31.9 Å². The van der Waals surface area contributed by atoms with Crippen molar-refractivity contribution >= 4 is 23.6 Å². The molecule has 0 aliphatic rings. The second-order valence-corrected chi connectivity index (χ2v) is 4.47. The Bertz CT molecular complexity index is 238. The van der Waals surface area contributed by atoms with Gasteiger partial charge in [0.05, 0.1) is 19.0 Å². The molecule has 0 rings (SSSR count). The minimum absolute atomic E-state index is 0.0481. The summed E-state index contributed by atoms with van der Waals surface area (Å²) in [6.07, 6.45) is 0.335. The van der Waals surface area contributed by atoms with Crippen LogP contribution in [0.1, 0.15) is 6.42 Å². The first kappa shape index (κ1) is 16.2. The number of methoxy groups -OCH3 is 1. The molecule has 3 N–H and O–H groups in total. The fourth-order valence-corrected chi connectivity index (χ4v) is 1.84. The summed E-state index contributed by atoms with van der Waals surface area (Å²) < 4.78 is 4.88. The van der Waals surface area contributed by atoms with Crippen molar-refractivity contribution in [2.75, 3.05) is 44.9 Å². The van der Waals surface area contributed by atoms with Crippen LogP contribution in [-0.4, -0.2) is 66.7 Å². The number of ether oxygens (including phenoxy) is 1. The number of nitrogens with two attached hydrogens (primary N) is 1. The molecule has 100 valence electrons. The quantitative estimate of drug-likeness (QED) is 0.497. The van der Waals surface area contributed by atoms with Crippen molar-refractivity contribution in [2.24, 2.45) is 5.73 Å². The van der Waals surface area contributed by atoms with Gasteiger partial charge in [-0.15, -0.1) is 0 Å². The van der Waals surface area contributed by atoms with Crippen LogP contribution in [0.4, 0.5) is 0 Å². The number of aliphatic hydroxyl groups is 1. The monoisotopic (exact) mass is 264 g/mol. The molecule has 0 aliphatic carbocycles. The van der Waals surface area contributed by atoms with Crippen LogP contribution in [0.3, 0.4) is 0 Å². The van der Waals surface area contributed by atoms with Gasteiger partial charge in [0.15, 0.2) is 0 Å². The van der Waals surface area contributed by atoms with Crippen LogP contribution in [-0.2, 0) is 14.3 Å². The Kier molecular flexibility index (Phi) is 9.89. The number of rotatable bonds is 10. The van der Waals surface area contributed by atoms with Crippen molar-refractivity contribution < 1.29 is 19.4 Å². The molecule has 0 aliphatic heterocycles. The third-order valence-corrected chi connectivity index (χ3v) is 2.97. The zero-order chi connectivity index (χ0) is 13.1. The van der Waals surface area contributed by atoms with Crippen LogP contribution < -0.4 is 5.73 Å². The normalized spacial score (nSPS) is 10.2. The van der Waals surface area contributed by atoms with Gasteiger partial charge < -0.3 is 20.5 Å². The van der Waals surface area contributed by atoms with E-state index in [1.54, 1.807) is 12.0 Å². The Hall–Kier alpha value is -0.790. The molecular weight excluding hydrogens is 244 g/mol. The smallest absolute Gasteiger partial charge is 0.227 e. The van der Waals surface area contributed by atoms with Crippen LogP contribution in [0.2, 0.25) is 0 Å². The largest absolute Gasteiger partial charge is 0.395 e. The molecule has 2 amide bonds. The second-order valence-electron chi connectivity index (χ2n) is 3.37. The molecule has 0 heterocycles. The number of amides is 2. The minimum Gasteiger partial charge on any atom is -0.395 e. The molecule has 0 saturated carbocycles. The van der Waals surface area contributed by atoms with E-state index in [4.69, 9.17) is 15.6 Å². The van der Waals surface area contributed by atoms with Gasteiger partial charge in [-0.05, 0) is 0 Å². The number of nitrogens with zero attached hydrogens (tertiary/aromatic N) is 1. The van der Waals surface area contributed by atoms with E-state index in [9.17, 15) is 9.59 Å². The van der Waals surface area contributed by atoms with Crippen molar-refractivity contribution in [1.82, 2.24) is 4.90 Å². The Labute approximate surface area is 105 Å². The number of hydrogen-bond donors (Lipinski definition) is 2. The number of thioether (sulfide) groups is 1. The van der Waals surface area contributed by atoms with Crippen molar-refractivity contribution in [3.8, 4) is 0 Å². The Morgan fingerprint density at radius 1 is 1.41 bits per heavy atom. The van der Waals surface area contributed by atoms with Gasteiger partial charge in [0, 0.05) is 32.4 Å². The highest BCUT2D eigenvalue weighted by Gasteiger charge is 2.12. The first-order valence-electron chi connectivity index (χ1n) is 5.35. The molecule has 6 nitrogen and oxygen atoms in total. The number of hydrogen-bond acceptors (Lipinski definition) is 5. The zero-order valence-corrected chi connectivity index (χ0v) is 10.9. The van der Waals surface area contributed by atoms with Gasteiger partial charge in [0.1, 0.15) is 0 Å². The second kappa shape index (κ2) is 10.4. The topological polar surface area (TPSA) is 92.9 Å². The van der Waals surface area contributed by atoms with Gasteiger partial charge in [-0.2, -0.15) is 11.8 Å². The molecule has 0 fully saturated rings. The summed E-state index contributed by atoms with van der Waals surface area (Å²) in [7, 11) is 1.56. The summed E-state index contributed by atoms with van der Waals surface area (Å²) in [5.41, 5.74) is 4.98. The Morgan fingerprint density at radius 2 is 2.12 bits per heavy atom. The number of primary amides is 1. The van der Waals surface area contributed by atoms with Crippen LogP contribution in [0.25, 0.3) is 0 Å². The van der Waals surface area contributed by atoms with Gasteiger partial charge in [-0.25, -0.2) is 0 Å². The summed E-state index contributed by atoms with van der Waals surface area (Å²) in [6.45, 7) is 1.16. The highest BCUT2D eigenvalue weighted by atomic mass is 32.2. The molecule has 0 aromatic heterocycles. The zero-order valence-electron chi connectivity index (χ0n) is 10.1. The average molecular weight is 264 g/mol. The lowest BCUT2D eigenvalue weighted by atomic mass is 10.3. The van der Waals surface area contributed by atoms with Gasteiger partial charge >= 0.3 is 0 Å². The minimum atomic E-state index is -0.381. The maximum Gasteiger partial charge on any atom is 0.227 e. The molecule has 0 spiro atoms. The third-order valence-electron chi connectivity index (χ3n) is 1.99. The molecule has 0 saturated heterocycles. The van der Waals surface area contributed by atoms with Crippen molar-refractivity contribution in [3.63, 3.8) is 0 Å². The average Bonchev–Trinajstić information content (AvgIpc) is 2.29. The summed E-state index contributed by atoms with van der Waals surface area (Å²) in [4.78, 5) is 23.7. The predicted octanol–water partition coefficient (Wildman–Crippen LogP) is -0.938. The van der Waals surface area contributed by atoms with Crippen molar-refractivity contribution in [3.05, 3.63) is 0 Å². The van der Waals surface area contributed by atoms with Crippen molar-refractivity contribution in [2.45, 2.75) is 6.42 Å². The molecule has 0 radical (unpaired) electrons. The molecule has 17 heavy (non-hydrogen) atoms. The summed E-state index contributed by atoms with van der Waals surface area (Å²) in [5.74, 6) is 0.351. The van der Waals surface area contributed by atoms with Crippen LogP contribution in [0, 0.1) is 0 Å². The summed E-state index contributed by atoms with van der Waals surface area (Å²) in [6, 6.07) is 0. The van der Waals surface area contributed by atoms with E-state index < -0.39 is 0 Å². The Morgan fingerprint density at radius 3 is 2.65 bits per heavy atom. The number of carbonyl (C=O) groups excluding carboxylic acids is 2. The molecule has 7 heteroatoms. The summed E-state index contributed by atoms with van der Waals surface area (Å²) in [5, 5.41) is 8.83. The lowest BCUT2D eigenvalue weighted by molar-refractivity contribution is -0.131. The van der Waals surface area contributed by atoms with E-state index in [0.717, 1.165) is 0 Å². The molecule has 0 bridgehead atoms. The SMILES string of the molecule is COCCN(CCO)C(=O)CCSCC(N)=O. The molecule has 0 atom stereocenters. The third kappa shape index (κ3) is 8.96. The van der Waals surface area contributed by atoms with Gasteiger partial charge in [0.2, 0.25) is 11.8 Å². The van der Waals surface area contributed by atoms with E-state index in [-0.39, 0.29) is 24.2 Å². The van der Waals surface area contributed by atoms with Gasteiger partial charge in [-0.3, -0.25) is 9.59 Å². The fourth-order valence-electron chi connectivity index (χ4n) is 1.17. The lowest BCUT2D eigenvalue weighted by Crippen LogP contribution is -2.36. The van der Waals surface area contributed by atoms with Gasteiger partial charge in [-0.1, -0.05) is 0 Å². The van der Waals surface area contributed by atoms with Gasteiger partial charge in [0.25, 0.3) is 0 Å². The van der Waals surface area contributed by atoms with E-state index in [1.807, 2.05) is 0 Å². The van der Waals surface area contributed by atoms with E-state index in [2.05, 4.69) is 0 Å². The maximum absolute atomic E-state index is 11.7. The summed E-state index contributed by atoms with van der Waals surface area (Å²) >= 11 is 1.33. The van der Waals surface area contributed by atoms with E-state index in [1.165, 1.54) is 11.8 Å². The molecule has 0 aromatic carbocycles. The van der Waals surface area contributed by atoms with E-state index >= 15 is 0 Å².